The van der Waals surface area contributed by atoms with Crippen molar-refractivity contribution in [2.24, 2.45) is 7.05 Å². The van der Waals surface area contributed by atoms with Gasteiger partial charge in [-0.25, -0.2) is 4.98 Å². The molecular weight excluding hydrogens is 256 g/mol. The molecule has 2 N–H and O–H groups in total. The van der Waals surface area contributed by atoms with E-state index >= 15 is 0 Å². The molecule has 0 saturated heterocycles. The second-order valence-electron chi connectivity index (χ2n) is 4.81. The van der Waals surface area contributed by atoms with Crippen molar-refractivity contribution in [1.82, 2.24) is 30.3 Å². The highest BCUT2D eigenvalue weighted by molar-refractivity contribution is 5.76. The number of carbonyl (C=O) groups is 1. The van der Waals surface area contributed by atoms with Crippen LogP contribution in [0.15, 0.2) is 6.33 Å². The van der Waals surface area contributed by atoms with E-state index in [-0.39, 0.29) is 5.91 Å². The minimum absolute atomic E-state index is 0.0483. The van der Waals surface area contributed by atoms with E-state index in [1.165, 1.54) is 6.33 Å². The second kappa shape index (κ2) is 6.31. The van der Waals surface area contributed by atoms with Crippen LogP contribution in [0.3, 0.4) is 0 Å². The fraction of sp³-hybridized carbons (Fsp3) is 0.538. The predicted molar refractivity (Wildman–Crippen MR) is 74.1 cm³/mol. The minimum Gasteiger partial charge on any atom is -0.356 e. The molecule has 0 aliphatic rings. The first kappa shape index (κ1) is 14.2. The summed E-state index contributed by atoms with van der Waals surface area (Å²) in [5.74, 6) is 0.830. The van der Waals surface area contributed by atoms with Gasteiger partial charge in [-0.2, -0.15) is 10.2 Å². The number of aromatic amines is 1. The lowest BCUT2D eigenvalue weighted by molar-refractivity contribution is -0.121. The molecule has 2 heterocycles. The van der Waals surface area contributed by atoms with Gasteiger partial charge in [0, 0.05) is 32.1 Å². The third-order valence-electron chi connectivity index (χ3n) is 3.41. The average Bonchev–Trinajstić information content (AvgIpc) is 2.98. The molecule has 1 amide bonds. The van der Waals surface area contributed by atoms with E-state index in [1.807, 2.05) is 25.6 Å². The number of H-pyrrole nitrogens is 1. The van der Waals surface area contributed by atoms with Gasteiger partial charge >= 0.3 is 0 Å². The largest absolute Gasteiger partial charge is 0.356 e. The SMILES string of the molecule is Cc1nn(C)c(C)c1CCC(=O)NCCc1ncn[nH]1. The van der Waals surface area contributed by atoms with Gasteiger partial charge in [0.05, 0.1) is 5.69 Å². The Balaban J connectivity index is 1.75. The summed E-state index contributed by atoms with van der Waals surface area (Å²) in [4.78, 5) is 15.8. The Hall–Kier alpha value is -2.18. The van der Waals surface area contributed by atoms with Crippen LogP contribution in [0.1, 0.15) is 29.2 Å². The summed E-state index contributed by atoms with van der Waals surface area (Å²) >= 11 is 0. The molecule has 0 atom stereocenters. The molecule has 0 bridgehead atoms. The van der Waals surface area contributed by atoms with Crippen molar-refractivity contribution in [2.45, 2.75) is 33.1 Å². The standard InChI is InChI=1S/C13H20N6O/c1-9-11(10(2)19(3)18-9)4-5-13(20)14-7-6-12-15-8-16-17-12/h8H,4-7H2,1-3H3,(H,14,20)(H,15,16,17). The molecule has 7 heteroatoms. The molecule has 0 aliphatic heterocycles. The number of amides is 1. The lowest BCUT2D eigenvalue weighted by Crippen LogP contribution is -2.26. The highest BCUT2D eigenvalue weighted by atomic mass is 16.1. The van der Waals surface area contributed by atoms with Crippen molar-refractivity contribution in [3.8, 4) is 0 Å². The van der Waals surface area contributed by atoms with Crippen molar-refractivity contribution in [1.29, 1.82) is 0 Å². The maximum Gasteiger partial charge on any atom is 0.220 e. The summed E-state index contributed by atoms with van der Waals surface area (Å²) < 4.78 is 1.85. The zero-order valence-corrected chi connectivity index (χ0v) is 12.1. The predicted octanol–water partition coefficient (Wildman–Crippen LogP) is 0.447. The van der Waals surface area contributed by atoms with Crippen molar-refractivity contribution in [3.05, 3.63) is 29.1 Å². The molecule has 0 spiro atoms. The lowest BCUT2D eigenvalue weighted by Gasteiger charge is -2.04. The number of hydrogen-bond donors (Lipinski definition) is 2. The van der Waals surface area contributed by atoms with Gasteiger partial charge in [0.1, 0.15) is 12.2 Å². The molecule has 20 heavy (non-hydrogen) atoms. The first-order chi connectivity index (χ1) is 9.58. The Morgan fingerprint density at radius 3 is 2.80 bits per heavy atom. The van der Waals surface area contributed by atoms with Crippen molar-refractivity contribution < 1.29 is 4.79 Å². The van der Waals surface area contributed by atoms with Crippen molar-refractivity contribution >= 4 is 5.91 Å². The maximum atomic E-state index is 11.8. The molecule has 7 nitrogen and oxygen atoms in total. The molecule has 0 saturated carbocycles. The first-order valence-electron chi connectivity index (χ1n) is 6.68. The van der Waals surface area contributed by atoms with Gasteiger partial charge in [-0.3, -0.25) is 14.6 Å². The summed E-state index contributed by atoms with van der Waals surface area (Å²) in [6.45, 7) is 4.57. The minimum atomic E-state index is 0.0483. The number of nitrogens with zero attached hydrogens (tertiary/aromatic N) is 4. The topological polar surface area (TPSA) is 88.5 Å². The average molecular weight is 276 g/mol. The fourth-order valence-electron chi connectivity index (χ4n) is 2.18. The molecule has 0 aliphatic carbocycles. The molecule has 2 aromatic heterocycles. The Labute approximate surface area is 117 Å². The van der Waals surface area contributed by atoms with Gasteiger partial charge in [-0.15, -0.1) is 0 Å². The van der Waals surface area contributed by atoms with Crippen LogP contribution in [0.2, 0.25) is 0 Å². The smallest absolute Gasteiger partial charge is 0.220 e. The number of nitrogens with one attached hydrogen (secondary N) is 2. The summed E-state index contributed by atoms with van der Waals surface area (Å²) in [6, 6.07) is 0. The molecule has 0 fully saturated rings. The molecule has 2 aromatic rings. The van der Waals surface area contributed by atoms with E-state index in [4.69, 9.17) is 0 Å². The van der Waals surface area contributed by atoms with Crippen LogP contribution in [0, 0.1) is 13.8 Å². The highest BCUT2D eigenvalue weighted by Crippen LogP contribution is 2.13. The molecule has 108 valence electrons. The van der Waals surface area contributed by atoms with E-state index in [2.05, 4.69) is 25.6 Å². The zero-order chi connectivity index (χ0) is 14.5. The van der Waals surface area contributed by atoms with Crippen LogP contribution >= 0.6 is 0 Å². The molecule has 0 radical (unpaired) electrons. The third kappa shape index (κ3) is 3.43. The summed E-state index contributed by atoms with van der Waals surface area (Å²) in [6.07, 6.45) is 3.32. The van der Waals surface area contributed by atoms with E-state index in [0.29, 0.717) is 19.4 Å². The summed E-state index contributed by atoms with van der Waals surface area (Å²) in [5, 5.41) is 13.8. The zero-order valence-electron chi connectivity index (χ0n) is 12.1. The van der Waals surface area contributed by atoms with E-state index in [9.17, 15) is 4.79 Å². The monoisotopic (exact) mass is 276 g/mol. The lowest BCUT2D eigenvalue weighted by atomic mass is 10.1. The van der Waals surface area contributed by atoms with E-state index in [0.717, 1.165) is 29.2 Å². The number of aryl methyl sites for hydroxylation is 2. The maximum absolute atomic E-state index is 11.8. The quantitative estimate of drug-likeness (QED) is 0.801. The Bertz CT molecular complexity index is 572. The molecule has 2 rings (SSSR count). The highest BCUT2D eigenvalue weighted by Gasteiger charge is 2.11. The molecular formula is C13H20N6O. The van der Waals surface area contributed by atoms with Crippen molar-refractivity contribution in [3.63, 3.8) is 0 Å². The van der Waals surface area contributed by atoms with Gasteiger partial charge in [0.15, 0.2) is 0 Å². The van der Waals surface area contributed by atoms with Gasteiger partial charge < -0.3 is 5.32 Å². The van der Waals surface area contributed by atoms with Crippen LogP contribution in [-0.4, -0.2) is 37.4 Å². The van der Waals surface area contributed by atoms with Crippen LogP contribution in [-0.2, 0) is 24.7 Å². The molecule has 0 aromatic carbocycles. The van der Waals surface area contributed by atoms with Crippen molar-refractivity contribution in [2.75, 3.05) is 6.54 Å². The van der Waals surface area contributed by atoms with E-state index in [1.54, 1.807) is 0 Å². The number of hydrogen-bond acceptors (Lipinski definition) is 4. The van der Waals surface area contributed by atoms with Gasteiger partial charge in [0.2, 0.25) is 5.91 Å². The van der Waals surface area contributed by atoms with Crippen LogP contribution in [0.4, 0.5) is 0 Å². The van der Waals surface area contributed by atoms with Crippen LogP contribution in [0.25, 0.3) is 0 Å². The fourth-order valence-corrected chi connectivity index (χ4v) is 2.18. The summed E-state index contributed by atoms with van der Waals surface area (Å²) in [5.41, 5.74) is 3.29. The van der Waals surface area contributed by atoms with Gasteiger partial charge in [-0.05, 0) is 25.8 Å². The first-order valence-corrected chi connectivity index (χ1v) is 6.68. The Kier molecular flexibility index (Phi) is 4.49. The van der Waals surface area contributed by atoms with Gasteiger partial charge in [0.25, 0.3) is 0 Å². The molecule has 0 unspecified atom stereocenters. The number of carbonyl (C=O) groups excluding carboxylic acids is 1. The number of aromatic nitrogens is 5. The Morgan fingerprint density at radius 1 is 1.40 bits per heavy atom. The van der Waals surface area contributed by atoms with E-state index < -0.39 is 0 Å². The van der Waals surface area contributed by atoms with Crippen LogP contribution < -0.4 is 5.32 Å². The normalized spacial score (nSPS) is 10.8. The Morgan fingerprint density at radius 2 is 2.20 bits per heavy atom. The number of rotatable bonds is 6. The van der Waals surface area contributed by atoms with Gasteiger partial charge in [-0.1, -0.05) is 0 Å². The van der Waals surface area contributed by atoms with Crippen LogP contribution in [0.5, 0.6) is 0 Å². The second-order valence-corrected chi connectivity index (χ2v) is 4.81. The third-order valence-corrected chi connectivity index (χ3v) is 3.41. The summed E-state index contributed by atoms with van der Waals surface area (Å²) in [7, 11) is 1.92.